The number of benzene rings is 2. The van der Waals surface area contributed by atoms with Gasteiger partial charge in [-0.3, -0.25) is 9.59 Å². The van der Waals surface area contributed by atoms with E-state index >= 15 is 4.79 Å². The molecule has 1 N–H and O–H groups in total. The highest BCUT2D eigenvalue weighted by molar-refractivity contribution is 7.87. The van der Waals surface area contributed by atoms with Crippen LogP contribution in [0.3, 0.4) is 0 Å². The maximum absolute atomic E-state index is 15.3. The van der Waals surface area contributed by atoms with Crippen molar-refractivity contribution < 1.29 is 27.5 Å². The number of rotatable bonds is 6. The zero-order valence-corrected chi connectivity index (χ0v) is 31.1. The van der Waals surface area contributed by atoms with E-state index in [-0.39, 0.29) is 35.3 Å². The highest BCUT2D eigenvalue weighted by Crippen LogP contribution is 2.67. The summed E-state index contributed by atoms with van der Waals surface area (Å²) in [5, 5.41) is 1.02. The summed E-state index contributed by atoms with van der Waals surface area (Å²) in [5.74, 6) is 0.850. The Hall–Kier alpha value is -4.10. The van der Waals surface area contributed by atoms with Gasteiger partial charge in [0.15, 0.2) is 0 Å². The fourth-order valence-electron chi connectivity index (χ4n) is 10.3. The lowest BCUT2D eigenvalue weighted by Crippen LogP contribution is -2.46. The van der Waals surface area contributed by atoms with Crippen LogP contribution in [0.4, 0.5) is 4.79 Å². The topological polar surface area (TPSA) is 124 Å². The Kier molecular flexibility index (Phi) is 7.93. The molecule has 4 atom stereocenters. The smallest absolute Gasteiger partial charge is 0.320 e. The summed E-state index contributed by atoms with van der Waals surface area (Å²) in [7, 11) is 0.419. The molecule has 12 nitrogen and oxygen atoms in total. The Bertz CT molecular complexity index is 2090. The molecule has 9 rings (SSSR count). The van der Waals surface area contributed by atoms with Gasteiger partial charge >= 0.3 is 16.2 Å². The lowest BCUT2D eigenvalue weighted by Gasteiger charge is -2.34. The number of likely N-dealkylation sites (tertiary alicyclic amines) is 3. The second-order valence-corrected chi connectivity index (χ2v) is 18.0. The number of carbonyl (C=O) groups excluding carboxylic acids is 3. The van der Waals surface area contributed by atoms with Gasteiger partial charge in [-0.2, -0.15) is 12.7 Å². The lowest BCUT2D eigenvalue weighted by atomic mass is 9.80. The van der Waals surface area contributed by atoms with Gasteiger partial charge in [0.2, 0.25) is 5.91 Å². The minimum atomic E-state index is -4.01. The zero-order chi connectivity index (χ0) is 36.1. The number of amides is 4. The molecule has 0 bridgehead atoms. The number of urea groups is 1. The molecule has 2 aliphatic carbocycles. The lowest BCUT2D eigenvalue weighted by molar-refractivity contribution is -0.135. The molecule has 52 heavy (non-hydrogen) atoms. The van der Waals surface area contributed by atoms with Gasteiger partial charge in [-0.25, -0.2) is 9.52 Å². The van der Waals surface area contributed by atoms with Gasteiger partial charge in [-0.05, 0) is 79.5 Å². The quantitative estimate of drug-likeness (QED) is 0.393. The molecule has 13 heteroatoms. The molecule has 6 aliphatic rings. The average molecular weight is 729 g/mol. The van der Waals surface area contributed by atoms with Crippen molar-refractivity contribution in [3.63, 3.8) is 0 Å². The zero-order valence-electron chi connectivity index (χ0n) is 30.3. The summed E-state index contributed by atoms with van der Waals surface area (Å²) in [6, 6.07) is 11.8. The molecule has 5 heterocycles. The number of ether oxygens (including phenoxy) is 1. The molecule has 0 radical (unpaired) electrons. The van der Waals surface area contributed by atoms with Gasteiger partial charge in [0.25, 0.3) is 5.91 Å². The first-order valence-corrected chi connectivity index (χ1v) is 20.4. The molecule has 4 unspecified atom stereocenters. The van der Waals surface area contributed by atoms with Gasteiger partial charge in [0.05, 0.1) is 18.3 Å². The number of nitrogens with zero attached hydrogens (tertiary/aromatic N) is 5. The maximum Gasteiger partial charge on any atom is 0.320 e. The van der Waals surface area contributed by atoms with Crippen LogP contribution >= 0.6 is 0 Å². The van der Waals surface area contributed by atoms with Crippen molar-refractivity contribution in [3.8, 4) is 17.0 Å². The van der Waals surface area contributed by atoms with E-state index in [9.17, 15) is 18.0 Å². The van der Waals surface area contributed by atoms with Crippen LogP contribution in [0.25, 0.3) is 22.2 Å². The number of hydrogen-bond acceptors (Lipinski definition) is 6. The van der Waals surface area contributed by atoms with E-state index in [1.165, 1.54) is 26.1 Å². The van der Waals surface area contributed by atoms with Crippen LogP contribution in [0.2, 0.25) is 0 Å². The van der Waals surface area contributed by atoms with Crippen molar-refractivity contribution >= 4 is 39.0 Å². The van der Waals surface area contributed by atoms with Gasteiger partial charge in [0, 0.05) is 87.6 Å². The Morgan fingerprint density at radius 3 is 2.23 bits per heavy atom. The summed E-state index contributed by atoms with van der Waals surface area (Å²) in [6.45, 7) is 4.25. The third-order valence-corrected chi connectivity index (χ3v) is 14.4. The largest absolute Gasteiger partial charge is 0.497 e. The summed E-state index contributed by atoms with van der Waals surface area (Å²) in [6.07, 6.45) is 8.32. The predicted octanol–water partition coefficient (Wildman–Crippen LogP) is 4.70. The van der Waals surface area contributed by atoms with Crippen LogP contribution in [-0.2, 0) is 20.5 Å². The van der Waals surface area contributed by atoms with Crippen LogP contribution in [0, 0.1) is 11.8 Å². The molecule has 4 aliphatic heterocycles. The van der Waals surface area contributed by atoms with Crippen molar-refractivity contribution in [3.05, 3.63) is 53.1 Å². The summed E-state index contributed by atoms with van der Waals surface area (Å²) in [4.78, 5) is 48.0. The predicted molar refractivity (Wildman–Crippen MR) is 196 cm³/mol. The standard InChI is InChI=1S/C39H48N6O6S/c1-41(2)52(49,50)40-36(46)25-11-13-30-33(17-25)45-35(34(30)24-9-5-4-6-10-24)29-14-12-28(51-3)18-31(29)32-19-39(32,45)37(47)43-20-26-22-44(23-27(26)21-43)38(48)42-15-7-8-16-42/h11-14,17-18,24,26-27,32H,4-10,15-16,19-23H2,1-3H3,(H,40,46). The first kappa shape index (κ1) is 33.7. The second kappa shape index (κ2) is 12.2. The van der Waals surface area contributed by atoms with E-state index in [0.717, 1.165) is 89.4 Å². The molecular weight excluding hydrogens is 681 g/mol. The monoisotopic (exact) mass is 728 g/mol. The molecular formula is C39H48N6O6S. The Morgan fingerprint density at radius 1 is 0.865 bits per heavy atom. The van der Waals surface area contributed by atoms with Crippen LogP contribution in [0.1, 0.15) is 84.7 Å². The first-order chi connectivity index (χ1) is 25.0. The van der Waals surface area contributed by atoms with Gasteiger partial charge in [0.1, 0.15) is 11.3 Å². The van der Waals surface area contributed by atoms with Gasteiger partial charge in [-0.15, -0.1) is 0 Å². The molecule has 5 fully saturated rings. The van der Waals surface area contributed by atoms with Crippen molar-refractivity contribution in [2.75, 3.05) is 60.5 Å². The van der Waals surface area contributed by atoms with E-state index < -0.39 is 21.7 Å². The molecule has 2 saturated carbocycles. The van der Waals surface area contributed by atoms with Crippen LogP contribution in [0.15, 0.2) is 36.4 Å². The van der Waals surface area contributed by atoms with Crippen molar-refractivity contribution in [1.82, 2.24) is 28.3 Å². The number of hydrogen-bond donors (Lipinski definition) is 1. The van der Waals surface area contributed by atoms with Crippen LogP contribution in [-0.4, -0.2) is 110 Å². The second-order valence-electron chi connectivity index (χ2n) is 16.1. The van der Waals surface area contributed by atoms with Crippen LogP contribution < -0.4 is 9.46 Å². The summed E-state index contributed by atoms with van der Waals surface area (Å²) in [5.41, 5.74) is 4.63. The van der Waals surface area contributed by atoms with E-state index in [2.05, 4.69) is 21.4 Å². The van der Waals surface area contributed by atoms with E-state index in [1.807, 2.05) is 26.8 Å². The van der Waals surface area contributed by atoms with Crippen LogP contribution in [0.5, 0.6) is 5.75 Å². The normalized spacial score (nSPS) is 26.7. The molecule has 0 spiro atoms. The van der Waals surface area contributed by atoms with Gasteiger partial charge < -0.3 is 24.0 Å². The molecule has 3 saturated heterocycles. The SMILES string of the molecule is COc1ccc2c(c1)C1CC1(C(=O)N1CC3CN(C(=O)N4CCCC4)CC3C1)n1c-2c(C2CCCCC2)c2ccc(C(=O)NS(=O)(=O)N(C)C)cc21. The maximum atomic E-state index is 15.3. The Labute approximate surface area is 305 Å². The number of aromatic nitrogens is 1. The third-order valence-electron chi connectivity index (χ3n) is 13.0. The number of fused-ring (bicyclic) bond motifs is 9. The van der Waals surface area contributed by atoms with E-state index in [0.29, 0.717) is 38.5 Å². The fourth-order valence-corrected chi connectivity index (χ4v) is 10.8. The minimum Gasteiger partial charge on any atom is -0.497 e. The van der Waals surface area contributed by atoms with Crippen molar-refractivity contribution in [2.45, 2.75) is 68.7 Å². The summed E-state index contributed by atoms with van der Waals surface area (Å²) < 4.78 is 36.5. The minimum absolute atomic E-state index is 0.0762. The van der Waals surface area contributed by atoms with E-state index in [1.54, 1.807) is 19.2 Å². The highest BCUT2D eigenvalue weighted by atomic mass is 32.2. The molecule has 4 amide bonds. The fraction of sp³-hybridized carbons (Fsp3) is 0.564. The molecule has 1 aromatic heterocycles. The van der Waals surface area contributed by atoms with Crippen molar-refractivity contribution in [2.24, 2.45) is 11.8 Å². The Morgan fingerprint density at radius 2 is 1.56 bits per heavy atom. The Balaban J connectivity index is 1.14. The molecule has 3 aromatic rings. The van der Waals surface area contributed by atoms with Crippen molar-refractivity contribution in [1.29, 1.82) is 0 Å². The number of nitrogens with one attached hydrogen (secondary N) is 1. The molecule has 276 valence electrons. The number of carbonyl (C=O) groups is 3. The van der Waals surface area contributed by atoms with Gasteiger partial charge in [-0.1, -0.05) is 25.3 Å². The van der Waals surface area contributed by atoms with E-state index in [4.69, 9.17) is 4.74 Å². The average Bonchev–Trinajstić information content (AvgIpc) is 3.59. The first-order valence-electron chi connectivity index (χ1n) is 19.0. The third kappa shape index (κ3) is 5.08. The molecule has 2 aromatic carbocycles. The summed E-state index contributed by atoms with van der Waals surface area (Å²) >= 11 is 0. The highest BCUT2D eigenvalue weighted by Gasteiger charge is 2.68. The number of methoxy groups -OCH3 is 1.